The first-order chi connectivity index (χ1) is 15.4. The summed E-state index contributed by atoms with van der Waals surface area (Å²) in [5, 5.41) is 0.780. The van der Waals surface area contributed by atoms with Crippen LogP contribution < -0.4 is 15.2 Å². The van der Waals surface area contributed by atoms with E-state index in [0.717, 1.165) is 25.6 Å². The van der Waals surface area contributed by atoms with Crippen LogP contribution in [0.5, 0.6) is 11.5 Å². The molecule has 2 heterocycles. The van der Waals surface area contributed by atoms with Gasteiger partial charge in [0.05, 0.1) is 21.6 Å². The molecule has 0 radical (unpaired) electrons. The maximum absolute atomic E-state index is 11.4. The molecule has 0 aliphatic heterocycles. The van der Waals surface area contributed by atoms with Crippen molar-refractivity contribution in [1.82, 2.24) is 9.97 Å². The number of hydrogen-bond acceptors (Lipinski definition) is 8. The third-order valence-electron chi connectivity index (χ3n) is 4.48. The van der Waals surface area contributed by atoms with Gasteiger partial charge in [0, 0.05) is 5.56 Å². The third-order valence-corrected chi connectivity index (χ3v) is 6.16. The summed E-state index contributed by atoms with van der Waals surface area (Å²) in [6.07, 6.45) is 0. The highest BCUT2D eigenvalue weighted by Gasteiger charge is 2.14. The summed E-state index contributed by atoms with van der Waals surface area (Å²) in [5.41, 5.74) is 3.53. The predicted molar refractivity (Wildman–Crippen MR) is 123 cm³/mol. The van der Waals surface area contributed by atoms with Crippen LogP contribution in [0.3, 0.4) is 0 Å². The van der Waals surface area contributed by atoms with Crippen molar-refractivity contribution in [2.24, 2.45) is 0 Å². The predicted octanol–water partition coefficient (Wildman–Crippen LogP) is 4.84. The minimum Gasteiger partial charge on any atom is -0.486 e. The van der Waals surface area contributed by atoms with Gasteiger partial charge < -0.3 is 18.6 Å². The van der Waals surface area contributed by atoms with Crippen LogP contribution in [-0.2, 0) is 16.1 Å². The minimum absolute atomic E-state index is 0.136. The maximum atomic E-state index is 11.4. The molecule has 0 aliphatic rings. The van der Waals surface area contributed by atoms with Gasteiger partial charge >= 0.3 is 11.7 Å². The second-order valence-corrected chi connectivity index (χ2v) is 9.17. The highest BCUT2D eigenvalue weighted by atomic mass is 79.9. The molecule has 0 atom stereocenters. The molecule has 0 saturated heterocycles. The number of fused-ring (bicyclic) bond motifs is 1. The molecule has 1 N–H and O–H groups in total. The Kier molecular flexibility index (Phi) is 6.61. The van der Waals surface area contributed by atoms with Crippen molar-refractivity contribution in [2.45, 2.75) is 20.5 Å². The van der Waals surface area contributed by atoms with E-state index in [-0.39, 0.29) is 13.2 Å². The third kappa shape index (κ3) is 5.03. The minimum atomic E-state index is -0.490. The van der Waals surface area contributed by atoms with Gasteiger partial charge in [0.25, 0.3) is 0 Å². The van der Waals surface area contributed by atoms with Gasteiger partial charge in [0.1, 0.15) is 23.1 Å². The Morgan fingerprint density at radius 3 is 2.84 bits per heavy atom. The van der Waals surface area contributed by atoms with Crippen LogP contribution in [0.1, 0.15) is 17.5 Å². The Balaban J connectivity index is 1.42. The zero-order chi connectivity index (χ0) is 22.7. The molecule has 0 unspecified atom stereocenters. The SMILES string of the molecule is CCOC(=O)COc1ccc(OCc2nc(-c3ccc4[nH]c(=O)oc4c3)c(Br)s2)cc1C. The molecule has 32 heavy (non-hydrogen) atoms. The second-order valence-electron chi connectivity index (χ2n) is 6.77. The Labute approximate surface area is 195 Å². The molecule has 4 aromatic rings. The van der Waals surface area contributed by atoms with Crippen molar-refractivity contribution in [3.05, 3.63) is 61.3 Å². The maximum Gasteiger partial charge on any atom is 0.417 e. The fraction of sp³-hybridized carbons (Fsp3) is 0.227. The topological polar surface area (TPSA) is 104 Å². The number of ether oxygens (including phenoxy) is 3. The molecule has 4 rings (SSSR count). The highest BCUT2D eigenvalue weighted by molar-refractivity contribution is 9.11. The fourth-order valence-electron chi connectivity index (χ4n) is 3.03. The lowest BCUT2D eigenvalue weighted by Crippen LogP contribution is -2.14. The standard InChI is InChI=1S/C22H19BrN2O6S/c1-3-28-19(26)11-30-16-7-5-14(8-12(16)2)29-10-18-25-20(21(23)32-18)13-4-6-15-17(9-13)31-22(27)24-15/h4-9H,3,10-11H2,1-2H3,(H,24,27). The van der Waals surface area contributed by atoms with Gasteiger partial charge in [-0.15, -0.1) is 11.3 Å². The van der Waals surface area contributed by atoms with Crippen molar-refractivity contribution >= 4 is 44.3 Å². The largest absolute Gasteiger partial charge is 0.486 e. The Hall–Kier alpha value is -3.11. The van der Waals surface area contributed by atoms with Crippen LogP contribution in [0, 0.1) is 6.92 Å². The zero-order valence-corrected chi connectivity index (χ0v) is 19.7. The van der Waals surface area contributed by atoms with Crippen LogP contribution in [-0.4, -0.2) is 29.2 Å². The summed E-state index contributed by atoms with van der Waals surface area (Å²) in [6, 6.07) is 10.8. The lowest BCUT2D eigenvalue weighted by molar-refractivity contribution is -0.145. The van der Waals surface area contributed by atoms with Crippen molar-refractivity contribution in [3.63, 3.8) is 0 Å². The number of esters is 1. The number of nitrogens with one attached hydrogen (secondary N) is 1. The summed E-state index contributed by atoms with van der Waals surface area (Å²) in [6.45, 7) is 4.09. The number of oxazole rings is 1. The molecule has 8 nitrogen and oxygen atoms in total. The van der Waals surface area contributed by atoms with Crippen LogP contribution in [0.25, 0.3) is 22.4 Å². The van der Waals surface area contributed by atoms with E-state index in [4.69, 9.17) is 18.6 Å². The van der Waals surface area contributed by atoms with E-state index in [0.29, 0.717) is 29.2 Å². The van der Waals surface area contributed by atoms with Crippen LogP contribution in [0.15, 0.2) is 49.4 Å². The van der Waals surface area contributed by atoms with Crippen molar-refractivity contribution in [2.75, 3.05) is 13.2 Å². The monoisotopic (exact) mass is 518 g/mol. The number of carbonyl (C=O) groups is 1. The van der Waals surface area contributed by atoms with Crippen molar-refractivity contribution < 1.29 is 23.4 Å². The number of H-pyrrole nitrogens is 1. The van der Waals surface area contributed by atoms with Crippen LogP contribution >= 0.6 is 27.3 Å². The molecule has 10 heteroatoms. The molecule has 0 fully saturated rings. The van der Waals surface area contributed by atoms with E-state index in [1.54, 1.807) is 31.2 Å². The molecule has 0 spiro atoms. The molecule has 0 aliphatic carbocycles. The van der Waals surface area contributed by atoms with Crippen molar-refractivity contribution in [1.29, 1.82) is 0 Å². The first-order valence-corrected chi connectivity index (χ1v) is 11.3. The molecule has 166 valence electrons. The number of benzene rings is 2. The number of halogens is 1. The molecule has 0 amide bonds. The van der Waals surface area contributed by atoms with Gasteiger partial charge in [-0.2, -0.15) is 0 Å². The Morgan fingerprint density at radius 2 is 2.06 bits per heavy atom. The number of rotatable bonds is 8. The number of aromatic nitrogens is 2. The van der Waals surface area contributed by atoms with Gasteiger partial charge in [0.2, 0.25) is 0 Å². The first-order valence-electron chi connectivity index (χ1n) is 9.73. The molecular weight excluding hydrogens is 500 g/mol. The van der Waals surface area contributed by atoms with Gasteiger partial charge in [-0.25, -0.2) is 14.6 Å². The Bertz CT molecular complexity index is 1330. The quantitative estimate of drug-likeness (QED) is 0.333. The van der Waals surface area contributed by atoms with E-state index in [9.17, 15) is 9.59 Å². The average Bonchev–Trinajstić information content (AvgIpc) is 3.32. The summed E-state index contributed by atoms with van der Waals surface area (Å²) < 4.78 is 22.2. The molecule has 0 saturated carbocycles. The van der Waals surface area contributed by atoms with Crippen LogP contribution in [0.4, 0.5) is 0 Å². The average molecular weight is 519 g/mol. The number of thiazole rings is 1. The molecular formula is C22H19BrN2O6S. The number of aromatic amines is 1. The smallest absolute Gasteiger partial charge is 0.417 e. The van der Waals surface area contributed by atoms with Gasteiger partial charge in [0.15, 0.2) is 12.2 Å². The molecule has 2 aromatic carbocycles. The highest BCUT2D eigenvalue weighted by Crippen LogP contribution is 2.34. The summed E-state index contributed by atoms with van der Waals surface area (Å²) >= 11 is 5.02. The van der Waals surface area contributed by atoms with E-state index >= 15 is 0 Å². The molecule has 0 bridgehead atoms. The summed E-state index contributed by atoms with van der Waals surface area (Å²) in [4.78, 5) is 30.1. The molecule has 2 aromatic heterocycles. The summed E-state index contributed by atoms with van der Waals surface area (Å²) in [5.74, 6) is 0.359. The van der Waals surface area contributed by atoms with Crippen molar-refractivity contribution in [3.8, 4) is 22.8 Å². The van der Waals surface area contributed by atoms with E-state index in [1.807, 2.05) is 19.1 Å². The van der Waals surface area contributed by atoms with Gasteiger partial charge in [-0.05, 0) is 65.7 Å². The summed E-state index contributed by atoms with van der Waals surface area (Å²) in [7, 11) is 0. The van der Waals surface area contributed by atoms with E-state index in [2.05, 4.69) is 25.9 Å². The zero-order valence-electron chi connectivity index (χ0n) is 17.3. The first kappa shape index (κ1) is 22.1. The lowest BCUT2D eigenvalue weighted by Gasteiger charge is -2.10. The van der Waals surface area contributed by atoms with E-state index < -0.39 is 11.7 Å². The Morgan fingerprint density at radius 1 is 1.22 bits per heavy atom. The lowest BCUT2D eigenvalue weighted by atomic mass is 10.1. The van der Waals surface area contributed by atoms with Gasteiger partial charge in [-0.3, -0.25) is 4.98 Å². The van der Waals surface area contributed by atoms with Crippen LogP contribution in [0.2, 0.25) is 0 Å². The number of aryl methyl sites for hydroxylation is 1. The normalized spacial score (nSPS) is 11.0. The number of hydrogen-bond donors (Lipinski definition) is 1. The number of carbonyl (C=O) groups excluding carboxylic acids is 1. The number of nitrogens with zero attached hydrogens (tertiary/aromatic N) is 1. The second kappa shape index (κ2) is 9.58. The van der Waals surface area contributed by atoms with Gasteiger partial charge in [-0.1, -0.05) is 6.07 Å². The fourth-order valence-corrected chi connectivity index (χ4v) is 4.63. The van der Waals surface area contributed by atoms with E-state index in [1.165, 1.54) is 11.3 Å².